The third kappa shape index (κ3) is 11.5. The van der Waals surface area contributed by atoms with Crippen LogP contribution in [0.3, 0.4) is 0 Å². The van der Waals surface area contributed by atoms with Crippen LogP contribution in [0.4, 0.5) is 0 Å². The standard InChI is InChI=1S/C33H54O7Si/c1-9-10-11-12-13-14-15-16-17-37-28-20-27(21-29(22-28)40-41(7,8)33(2,3)4)32-30(38-24-35-5)18-26(23-34)19-31(32)39-25-36-6/h18-22,34H,9-17,23-25H2,1-8H3. The van der Waals surface area contributed by atoms with Gasteiger partial charge >= 0.3 is 0 Å². The number of hydrogen-bond donors (Lipinski definition) is 1. The van der Waals surface area contributed by atoms with Gasteiger partial charge in [-0.1, -0.05) is 72.6 Å². The molecule has 0 bridgehead atoms. The largest absolute Gasteiger partial charge is 0.543 e. The highest BCUT2D eigenvalue weighted by atomic mass is 28.4. The van der Waals surface area contributed by atoms with E-state index in [2.05, 4.69) is 40.8 Å². The molecule has 0 radical (unpaired) electrons. The third-order valence-corrected chi connectivity index (χ3v) is 11.9. The van der Waals surface area contributed by atoms with Gasteiger partial charge in [-0.25, -0.2) is 0 Å². The van der Waals surface area contributed by atoms with Gasteiger partial charge in [-0.3, -0.25) is 0 Å². The normalized spacial score (nSPS) is 11.9. The SMILES string of the molecule is CCCCCCCCCCOc1cc(O[Si](C)(C)C(C)(C)C)cc(-c2c(OCOC)cc(CO)cc2OCOC)c1. The Labute approximate surface area is 249 Å². The Morgan fingerprint density at radius 3 is 1.76 bits per heavy atom. The van der Waals surface area contributed by atoms with Crippen LogP contribution in [0, 0.1) is 0 Å². The minimum atomic E-state index is -2.13. The first-order valence-corrected chi connectivity index (χ1v) is 18.0. The Morgan fingerprint density at radius 2 is 1.24 bits per heavy atom. The fourth-order valence-corrected chi connectivity index (χ4v) is 5.24. The van der Waals surface area contributed by atoms with Crippen LogP contribution in [0.2, 0.25) is 18.1 Å². The Morgan fingerprint density at radius 1 is 0.707 bits per heavy atom. The van der Waals surface area contributed by atoms with E-state index in [0.717, 1.165) is 29.9 Å². The van der Waals surface area contributed by atoms with Crippen molar-refractivity contribution in [3.63, 3.8) is 0 Å². The van der Waals surface area contributed by atoms with Crippen LogP contribution < -0.4 is 18.6 Å². The topological polar surface area (TPSA) is 75.6 Å². The molecule has 1 N–H and O–H groups in total. The van der Waals surface area contributed by atoms with Gasteiger partial charge in [0.2, 0.25) is 8.32 Å². The summed E-state index contributed by atoms with van der Waals surface area (Å²) in [6.45, 7) is 14.0. The molecule has 0 unspecified atom stereocenters. The number of aliphatic hydroxyl groups is 1. The van der Waals surface area contributed by atoms with Crippen molar-refractivity contribution in [2.75, 3.05) is 34.4 Å². The predicted molar refractivity (Wildman–Crippen MR) is 169 cm³/mol. The molecule has 0 aliphatic heterocycles. The second-order valence-electron chi connectivity index (χ2n) is 12.1. The molecule has 0 saturated carbocycles. The fourth-order valence-electron chi connectivity index (χ4n) is 4.22. The predicted octanol–water partition coefficient (Wildman–Crippen LogP) is 8.71. The van der Waals surface area contributed by atoms with E-state index in [1.165, 1.54) is 38.5 Å². The lowest BCUT2D eigenvalue weighted by atomic mass is 10.0. The molecule has 0 fully saturated rings. The maximum Gasteiger partial charge on any atom is 0.250 e. The summed E-state index contributed by atoms with van der Waals surface area (Å²) in [5.74, 6) is 2.55. The first kappa shape index (κ1) is 34.9. The van der Waals surface area contributed by atoms with Gasteiger partial charge < -0.3 is 33.2 Å². The van der Waals surface area contributed by atoms with Crippen molar-refractivity contribution in [3.05, 3.63) is 35.9 Å². The van der Waals surface area contributed by atoms with Gasteiger partial charge in [0.1, 0.15) is 23.0 Å². The van der Waals surface area contributed by atoms with E-state index in [0.29, 0.717) is 29.2 Å². The fraction of sp³-hybridized carbons (Fsp3) is 0.636. The zero-order valence-electron chi connectivity index (χ0n) is 26.8. The summed E-state index contributed by atoms with van der Waals surface area (Å²) in [6.07, 6.45) is 9.96. The minimum Gasteiger partial charge on any atom is -0.543 e. The van der Waals surface area contributed by atoms with Crippen molar-refractivity contribution < 1.29 is 33.2 Å². The van der Waals surface area contributed by atoms with Crippen molar-refractivity contribution in [3.8, 4) is 34.1 Å². The second-order valence-corrected chi connectivity index (χ2v) is 16.8. The van der Waals surface area contributed by atoms with E-state index in [-0.39, 0.29) is 25.2 Å². The molecule has 0 aliphatic rings. The number of rotatable bonds is 20. The number of methoxy groups -OCH3 is 2. The van der Waals surface area contributed by atoms with Gasteiger partial charge in [-0.05, 0) is 59.9 Å². The van der Waals surface area contributed by atoms with Crippen molar-refractivity contribution in [2.45, 2.75) is 104 Å². The molecule has 2 rings (SSSR count). The lowest BCUT2D eigenvalue weighted by Crippen LogP contribution is -2.43. The van der Waals surface area contributed by atoms with Crippen molar-refractivity contribution in [2.24, 2.45) is 0 Å². The quantitative estimate of drug-likeness (QED) is 0.0939. The Balaban J connectivity index is 2.43. The highest BCUT2D eigenvalue weighted by Crippen LogP contribution is 2.44. The molecule has 0 aliphatic carbocycles. The highest BCUT2D eigenvalue weighted by Gasteiger charge is 2.39. The summed E-state index contributed by atoms with van der Waals surface area (Å²) >= 11 is 0. The first-order chi connectivity index (χ1) is 19.6. The molecule has 7 nitrogen and oxygen atoms in total. The lowest BCUT2D eigenvalue weighted by Gasteiger charge is -2.36. The Kier molecular flexibility index (Phi) is 15.0. The number of hydrogen-bond acceptors (Lipinski definition) is 7. The van der Waals surface area contributed by atoms with Gasteiger partial charge in [0, 0.05) is 20.3 Å². The molecular formula is C33H54O7Si. The second kappa shape index (κ2) is 17.6. The lowest BCUT2D eigenvalue weighted by molar-refractivity contribution is 0.0466. The summed E-state index contributed by atoms with van der Waals surface area (Å²) in [6, 6.07) is 9.60. The van der Waals surface area contributed by atoms with Gasteiger partial charge in [0.15, 0.2) is 13.6 Å². The van der Waals surface area contributed by atoms with E-state index in [1.54, 1.807) is 26.4 Å². The zero-order valence-corrected chi connectivity index (χ0v) is 27.8. The van der Waals surface area contributed by atoms with Gasteiger partial charge in [-0.2, -0.15) is 0 Å². The molecule has 2 aromatic rings. The first-order valence-electron chi connectivity index (χ1n) is 15.0. The smallest absolute Gasteiger partial charge is 0.250 e. The molecule has 0 spiro atoms. The van der Waals surface area contributed by atoms with E-state index in [4.69, 9.17) is 28.1 Å². The van der Waals surface area contributed by atoms with E-state index >= 15 is 0 Å². The van der Waals surface area contributed by atoms with E-state index in [1.807, 2.05) is 18.2 Å². The summed E-state index contributed by atoms with van der Waals surface area (Å²) in [4.78, 5) is 0. The molecule has 0 atom stereocenters. The van der Waals surface area contributed by atoms with Crippen LogP contribution in [-0.4, -0.2) is 47.8 Å². The minimum absolute atomic E-state index is 0.0312. The summed E-state index contributed by atoms with van der Waals surface area (Å²) in [5.41, 5.74) is 2.20. The van der Waals surface area contributed by atoms with Crippen LogP contribution in [0.15, 0.2) is 30.3 Å². The molecule has 0 heterocycles. The molecule has 0 saturated heterocycles. The van der Waals surface area contributed by atoms with Crippen molar-refractivity contribution in [1.29, 1.82) is 0 Å². The summed E-state index contributed by atoms with van der Waals surface area (Å²) in [7, 11) is 1.01. The molecule has 2 aromatic carbocycles. The van der Waals surface area contributed by atoms with Gasteiger partial charge in [0.05, 0.1) is 18.8 Å². The highest BCUT2D eigenvalue weighted by molar-refractivity contribution is 6.74. The molecule has 41 heavy (non-hydrogen) atoms. The van der Waals surface area contributed by atoms with Crippen LogP contribution in [0.5, 0.6) is 23.0 Å². The van der Waals surface area contributed by atoms with Crippen LogP contribution in [0.1, 0.15) is 84.6 Å². The van der Waals surface area contributed by atoms with Gasteiger partial charge in [-0.15, -0.1) is 0 Å². The van der Waals surface area contributed by atoms with Crippen LogP contribution >= 0.6 is 0 Å². The number of ether oxygens (including phenoxy) is 5. The van der Waals surface area contributed by atoms with Crippen molar-refractivity contribution in [1.82, 2.24) is 0 Å². The number of aliphatic hydroxyl groups excluding tert-OH is 1. The maximum absolute atomic E-state index is 9.89. The summed E-state index contributed by atoms with van der Waals surface area (Å²) < 4.78 is 35.4. The van der Waals surface area contributed by atoms with Crippen LogP contribution in [-0.2, 0) is 16.1 Å². The monoisotopic (exact) mass is 590 g/mol. The average molecular weight is 591 g/mol. The molecule has 8 heteroatoms. The Hall–Kier alpha value is -2.26. The van der Waals surface area contributed by atoms with E-state index in [9.17, 15) is 5.11 Å². The average Bonchev–Trinajstić information content (AvgIpc) is 2.92. The van der Waals surface area contributed by atoms with Gasteiger partial charge in [0.25, 0.3) is 0 Å². The van der Waals surface area contributed by atoms with Crippen molar-refractivity contribution >= 4 is 8.32 Å². The number of benzene rings is 2. The van der Waals surface area contributed by atoms with E-state index < -0.39 is 8.32 Å². The summed E-state index contributed by atoms with van der Waals surface area (Å²) in [5, 5.41) is 9.93. The van der Waals surface area contributed by atoms with Crippen LogP contribution in [0.25, 0.3) is 11.1 Å². The maximum atomic E-state index is 9.89. The zero-order chi connectivity index (χ0) is 30.3. The molecular weight excluding hydrogens is 536 g/mol. The molecule has 0 aromatic heterocycles. The number of unbranched alkanes of at least 4 members (excludes halogenated alkanes) is 7. The molecule has 0 amide bonds. The third-order valence-electron chi connectivity index (χ3n) is 7.59. The molecule has 232 valence electrons. The Bertz CT molecular complexity index is 1000.